The second-order valence-corrected chi connectivity index (χ2v) is 6.63. The molecule has 3 fully saturated rings. The van der Waals surface area contributed by atoms with Gasteiger partial charge in [-0.1, -0.05) is 6.42 Å². The number of rotatable bonds is 5. The van der Waals surface area contributed by atoms with Gasteiger partial charge in [0, 0.05) is 19.1 Å². The van der Waals surface area contributed by atoms with Gasteiger partial charge in [0.25, 0.3) is 0 Å². The van der Waals surface area contributed by atoms with Crippen molar-refractivity contribution in [1.29, 1.82) is 0 Å². The highest BCUT2D eigenvalue weighted by molar-refractivity contribution is 5.77. The van der Waals surface area contributed by atoms with Crippen LogP contribution in [0.1, 0.15) is 45.4 Å². The summed E-state index contributed by atoms with van der Waals surface area (Å²) in [7, 11) is 0. The minimum absolute atomic E-state index is 0.0334. The molecule has 2 bridgehead atoms. The molecule has 0 saturated heterocycles. The summed E-state index contributed by atoms with van der Waals surface area (Å²) in [6.07, 6.45) is 7.06. The lowest BCUT2D eigenvalue weighted by atomic mass is 9.82. The second-order valence-electron chi connectivity index (χ2n) is 6.63. The van der Waals surface area contributed by atoms with Gasteiger partial charge in [0.05, 0.1) is 12.1 Å². The van der Waals surface area contributed by atoms with Crippen LogP contribution in [-0.2, 0) is 9.53 Å². The summed E-state index contributed by atoms with van der Waals surface area (Å²) in [5.74, 6) is 2.53. The van der Waals surface area contributed by atoms with Gasteiger partial charge in [-0.25, -0.2) is 0 Å². The minimum Gasteiger partial charge on any atom is -0.376 e. The summed E-state index contributed by atoms with van der Waals surface area (Å²) >= 11 is 0. The molecular formula is C15H26N2O2. The molecule has 0 aromatic rings. The van der Waals surface area contributed by atoms with Crippen LogP contribution in [-0.4, -0.2) is 30.7 Å². The standard InChI is InChI=1S/C15H26N2O2/c1-2-19-13-8-12(16)15(13)17-14(18)7-11-6-9-3-4-10(11)5-9/h9-13,15H,2-8,16H2,1H3,(H,17,18). The molecular weight excluding hydrogens is 240 g/mol. The zero-order chi connectivity index (χ0) is 13.4. The quantitative estimate of drug-likeness (QED) is 0.791. The zero-order valence-corrected chi connectivity index (χ0v) is 11.8. The molecule has 6 atom stereocenters. The maximum atomic E-state index is 12.2. The normalized spacial score (nSPS) is 44.1. The molecule has 0 aromatic carbocycles. The summed E-state index contributed by atoms with van der Waals surface area (Å²) in [6, 6.07) is 0.103. The van der Waals surface area contributed by atoms with E-state index in [4.69, 9.17) is 10.5 Å². The van der Waals surface area contributed by atoms with Gasteiger partial charge in [-0.15, -0.1) is 0 Å². The molecule has 0 aliphatic heterocycles. The van der Waals surface area contributed by atoms with E-state index in [2.05, 4.69) is 5.32 Å². The topological polar surface area (TPSA) is 64.3 Å². The third kappa shape index (κ3) is 2.65. The highest BCUT2D eigenvalue weighted by Crippen LogP contribution is 2.49. The van der Waals surface area contributed by atoms with E-state index >= 15 is 0 Å². The van der Waals surface area contributed by atoms with Gasteiger partial charge in [-0.3, -0.25) is 4.79 Å². The number of hydrogen-bond donors (Lipinski definition) is 2. The van der Waals surface area contributed by atoms with Crippen molar-refractivity contribution in [3.8, 4) is 0 Å². The first-order valence-corrected chi connectivity index (χ1v) is 7.84. The number of ether oxygens (including phenoxy) is 1. The Balaban J connectivity index is 1.46. The van der Waals surface area contributed by atoms with Crippen molar-refractivity contribution in [2.75, 3.05) is 6.61 Å². The molecule has 0 radical (unpaired) electrons. The summed E-state index contributed by atoms with van der Waals surface area (Å²) in [5, 5.41) is 3.10. The van der Waals surface area contributed by atoms with Crippen LogP contribution in [0.5, 0.6) is 0 Å². The fraction of sp³-hybridized carbons (Fsp3) is 0.933. The summed E-state index contributed by atoms with van der Waals surface area (Å²) < 4.78 is 5.59. The SMILES string of the molecule is CCOC1CC(N)C1NC(=O)CC1CC2CCC1C2. The van der Waals surface area contributed by atoms with Crippen molar-refractivity contribution in [1.82, 2.24) is 5.32 Å². The molecule has 1 amide bonds. The molecule has 3 aliphatic rings. The maximum Gasteiger partial charge on any atom is 0.220 e. The molecule has 0 heterocycles. The van der Waals surface area contributed by atoms with Crippen molar-refractivity contribution in [2.24, 2.45) is 23.5 Å². The van der Waals surface area contributed by atoms with Crippen LogP contribution in [0.3, 0.4) is 0 Å². The zero-order valence-electron chi connectivity index (χ0n) is 11.8. The fourth-order valence-corrected chi connectivity index (χ4v) is 4.34. The molecule has 4 heteroatoms. The lowest BCUT2D eigenvalue weighted by Crippen LogP contribution is -2.64. The molecule has 108 valence electrons. The van der Waals surface area contributed by atoms with Crippen LogP contribution in [0.2, 0.25) is 0 Å². The van der Waals surface area contributed by atoms with Crippen molar-refractivity contribution >= 4 is 5.91 Å². The fourth-order valence-electron chi connectivity index (χ4n) is 4.34. The van der Waals surface area contributed by atoms with E-state index in [9.17, 15) is 4.79 Å². The average Bonchev–Trinajstić information content (AvgIpc) is 2.98. The van der Waals surface area contributed by atoms with Gasteiger partial charge in [0.15, 0.2) is 0 Å². The van der Waals surface area contributed by atoms with Gasteiger partial charge in [-0.05, 0) is 50.4 Å². The highest BCUT2D eigenvalue weighted by atomic mass is 16.5. The van der Waals surface area contributed by atoms with Gasteiger partial charge in [0.1, 0.15) is 0 Å². The monoisotopic (exact) mass is 266 g/mol. The van der Waals surface area contributed by atoms with Gasteiger partial charge < -0.3 is 15.8 Å². The molecule has 3 rings (SSSR count). The van der Waals surface area contributed by atoms with Gasteiger partial charge in [0.2, 0.25) is 5.91 Å². The third-order valence-electron chi connectivity index (χ3n) is 5.41. The van der Waals surface area contributed by atoms with E-state index in [1.807, 2.05) is 6.92 Å². The molecule has 4 nitrogen and oxygen atoms in total. The maximum absolute atomic E-state index is 12.2. The Labute approximate surface area is 115 Å². The van der Waals surface area contributed by atoms with Gasteiger partial charge >= 0.3 is 0 Å². The first kappa shape index (κ1) is 13.4. The van der Waals surface area contributed by atoms with E-state index in [-0.39, 0.29) is 24.1 Å². The molecule has 0 aromatic heterocycles. The van der Waals surface area contributed by atoms with Crippen molar-refractivity contribution in [3.05, 3.63) is 0 Å². The highest BCUT2D eigenvalue weighted by Gasteiger charge is 2.43. The summed E-state index contributed by atoms with van der Waals surface area (Å²) in [4.78, 5) is 12.2. The van der Waals surface area contributed by atoms with Crippen molar-refractivity contribution in [3.63, 3.8) is 0 Å². The first-order chi connectivity index (χ1) is 9.17. The van der Waals surface area contributed by atoms with Gasteiger partial charge in [-0.2, -0.15) is 0 Å². The Morgan fingerprint density at radius 2 is 2.16 bits per heavy atom. The smallest absolute Gasteiger partial charge is 0.220 e. The number of carbonyl (C=O) groups excluding carboxylic acids is 1. The molecule has 3 aliphatic carbocycles. The van der Waals surface area contributed by atoms with Crippen molar-refractivity contribution in [2.45, 2.75) is 63.6 Å². The Kier molecular flexibility index (Phi) is 3.81. The molecule has 3 N–H and O–H groups in total. The van der Waals surface area contributed by atoms with Crippen LogP contribution in [0, 0.1) is 17.8 Å². The minimum atomic E-state index is 0.0334. The van der Waals surface area contributed by atoms with Crippen LogP contribution in [0.4, 0.5) is 0 Å². The molecule has 6 unspecified atom stereocenters. The number of fused-ring (bicyclic) bond motifs is 2. The summed E-state index contributed by atoms with van der Waals surface area (Å²) in [5.41, 5.74) is 5.97. The Morgan fingerprint density at radius 3 is 2.74 bits per heavy atom. The van der Waals surface area contributed by atoms with Crippen LogP contribution < -0.4 is 11.1 Å². The molecule has 3 saturated carbocycles. The van der Waals surface area contributed by atoms with Crippen LogP contribution in [0.15, 0.2) is 0 Å². The lowest BCUT2D eigenvalue weighted by molar-refractivity contribution is -0.127. The number of hydrogen-bond acceptors (Lipinski definition) is 3. The average molecular weight is 266 g/mol. The number of carbonyl (C=O) groups is 1. The van der Waals surface area contributed by atoms with Crippen molar-refractivity contribution < 1.29 is 9.53 Å². The number of nitrogens with one attached hydrogen (secondary N) is 1. The Hall–Kier alpha value is -0.610. The largest absolute Gasteiger partial charge is 0.376 e. The van der Waals surface area contributed by atoms with E-state index in [1.54, 1.807) is 0 Å². The Bertz CT molecular complexity index is 345. The third-order valence-corrected chi connectivity index (χ3v) is 5.41. The van der Waals surface area contributed by atoms with E-state index in [0.29, 0.717) is 18.9 Å². The second kappa shape index (κ2) is 5.41. The first-order valence-electron chi connectivity index (χ1n) is 7.84. The Morgan fingerprint density at radius 1 is 1.32 bits per heavy atom. The number of amides is 1. The van der Waals surface area contributed by atoms with E-state index in [1.165, 1.54) is 25.7 Å². The lowest BCUT2D eigenvalue weighted by Gasteiger charge is -2.42. The van der Waals surface area contributed by atoms with E-state index in [0.717, 1.165) is 18.3 Å². The predicted molar refractivity (Wildman–Crippen MR) is 73.5 cm³/mol. The summed E-state index contributed by atoms with van der Waals surface area (Å²) in [6.45, 7) is 2.67. The molecule has 0 spiro atoms. The van der Waals surface area contributed by atoms with Crippen LogP contribution in [0.25, 0.3) is 0 Å². The number of nitrogens with two attached hydrogens (primary N) is 1. The van der Waals surface area contributed by atoms with E-state index < -0.39 is 0 Å². The van der Waals surface area contributed by atoms with Crippen LogP contribution >= 0.6 is 0 Å². The predicted octanol–water partition coefficient (Wildman–Crippen LogP) is 1.43. The molecule has 19 heavy (non-hydrogen) atoms.